The lowest BCUT2D eigenvalue weighted by molar-refractivity contribution is -0.125. The van der Waals surface area contributed by atoms with E-state index in [1.54, 1.807) is 0 Å². The van der Waals surface area contributed by atoms with E-state index in [4.69, 9.17) is 4.52 Å². The molecule has 0 spiro atoms. The largest absolute Gasteiger partial charge is 0.340 e. The minimum Gasteiger partial charge on any atom is -0.340 e. The molecule has 2 aliphatic heterocycles. The Morgan fingerprint density at radius 2 is 1.84 bits per heavy atom. The highest BCUT2D eigenvalue weighted by atomic mass is 16.5. The summed E-state index contributed by atoms with van der Waals surface area (Å²) in [5.74, 6) is 2.03. The molecule has 2 fully saturated rings. The summed E-state index contributed by atoms with van der Waals surface area (Å²) in [6.45, 7) is 4.47. The minimum absolute atomic E-state index is 0.00177. The molecular formula is C19H24N4O2. The molecule has 2 aromatic rings. The number of aryl methyl sites for hydroxylation is 1. The summed E-state index contributed by atoms with van der Waals surface area (Å²) in [5.41, 5.74) is 1.01. The second-order valence-electron chi connectivity index (χ2n) is 6.97. The molecule has 6 nitrogen and oxygen atoms in total. The van der Waals surface area contributed by atoms with Crippen LogP contribution in [0, 0.1) is 6.92 Å². The molecule has 4 rings (SSSR count). The summed E-state index contributed by atoms with van der Waals surface area (Å²) < 4.78 is 5.11. The van der Waals surface area contributed by atoms with Gasteiger partial charge in [-0.15, -0.1) is 0 Å². The lowest BCUT2D eigenvalue weighted by Crippen LogP contribution is -2.54. The van der Waals surface area contributed by atoms with E-state index in [1.165, 1.54) is 0 Å². The Morgan fingerprint density at radius 3 is 2.52 bits per heavy atom. The number of hydrogen-bond acceptors (Lipinski definition) is 5. The van der Waals surface area contributed by atoms with Crippen molar-refractivity contribution in [3.8, 4) is 0 Å². The van der Waals surface area contributed by atoms with E-state index in [1.807, 2.05) is 42.2 Å². The van der Waals surface area contributed by atoms with Gasteiger partial charge >= 0.3 is 0 Å². The van der Waals surface area contributed by atoms with Crippen LogP contribution in [0.4, 0.5) is 5.69 Å². The predicted molar refractivity (Wildman–Crippen MR) is 94.4 cm³/mol. The summed E-state index contributed by atoms with van der Waals surface area (Å²) in [4.78, 5) is 21.7. The average molecular weight is 340 g/mol. The van der Waals surface area contributed by atoms with E-state index in [9.17, 15) is 4.79 Å². The first-order valence-corrected chi connectivity index (χ1v) is 9.13. The Morgan fingerprint density at radius 1 is 1.08 bits per heavy atom. The molecule has 25 heavy (non-hydrogen) atoms. The summed E-state index contributed by atoms with van der Waals surface area (Å²) in [5, 5.41) is 4.06. The van der Waals surface area contributed by atoms with Crippen molar-refractivity contribution >= 4 is 11.6 Å². The van der Waals surface area contributed by atoms with Crippen molar-refractivity contribution in [1.29, 1.82) is 0 Å². The van der Waals surface area contributed by atoms with E-state index < -0.39 is 0 Å². The molecule has 0 saturated carbocycles. The Bertz CT molecular complexity index is 722. The fourth-order valence-corrected chi connectivity index (χ4v) is 4.01. The molecule has 3 heterocycles. The van der Waals surface area contributed by atoms with Crippen LogP contribution in [0.5, 0.6) is 0 Å². The van der Waals surface area contributed by atoms with Gasteiger partial charge in [0.15, 0.2) is 5.82 Å². The van der Waals surface area contributed by atoms with Crippen molar-refractivity contribution in [2.24, 2.45) is 0 Å². The number of likely N-dealkylation sites (tertiary alicyclic amines) is 1. The van der Waals surface area contributed by atoms with Crippen molar-refractivity contribution in [1.82, 2.24) is 15.0 Å². The van der Waals surface area contributed by atoms with Crippen molar-refractivity contribution in [3.63, 3.8) is 0 Å². The Hall–Kier alpha value is -2.21. The number of carbonyl (C=O) groups excluding carboxylic acids is 1. The van der Waals surface area contributed by atoms with Gasteiger partial charge in [-0.3, -0.25) is 9.69 Å². The summed E-state index contributed by atoms with van der Waals surface area (Å²) >= 11 is 0. The maximum absolute atomic E-state index is 13.0. The van der Waals surface area contributed by atoms with Crippen LogP contribution in [-0.4, -0.2) is 46.6 Å². The first kappa shape index (κ1) is 16.3. The first-order chi connectivity index (χ1) is 12.2. The number of hydrogen-bond donors (Lipinski definition) is 0. The zero-order valence-electron chi connectivity index (χ0n) is 14.6. The molecule has 1 atom stereocenters. The summed E-state index contributed by atoms with van der Waals surface area (Å²) in [6.07, 6.45) is 3.96. The second kappa shape index (κ2) is 6.96. The highest BCUT2D eigenvalue weighted by molar-refractivity contribution is 5.97. The number of piperidine rings is 2. The van der Waals surface area contributed by atoms with Crippen LogP contribution in [-0.2, 0) is 4.79 Å². The van der Waals surface area contributed by atoms with Gasteiger partial charge in [-0.25, -0.2) is 0 Å². The summed E-state index contributed by atoms with van der Waals surface area (Å²) in [6, 6.07) is 10.0. The number of rotatable bonds is 3. The van der Waals surface area contributed by atoms with Crippen molar-refractivity contribution in [2.45, 2.75) is 44.6 Å². The van der Waals surface area contributed by atoms with Gasteiger partial charge in [-0.05, 0) is 50.9 Å². The highest BCUT2D eigenvalue weighted by Crippen LogP contribution is 2.30. The molecule has 0 unspecified atom stereocenters. The molecule has 6 heteroatoms. The molecule has 0 aliphatic carbocycles. The van der Waals surface area contributed by atoms with Gasteiger partial charge in [-0.1, -0.05) is 23.4 Å². The fourth-order valence-electron chi connectivity index (χ4n) is 4.01. The van der Waals surface area contributed by atoms with E-state index in [2.05, 4.69) is 15.0 Å². The highest BCUT2D eigenvalue weighted by Gasteiger charge is 2.36. The molecule has 0 bridgehead atoms. The third kappa shape index (κ3) is 3.31. The van der Waals surface area contributed by atoms with Crippen molar-refractivity contribution in [2.75, 3.05) is 24.5 Å². The third-order valence-corrected chi connectivity index (χ3v) is 5.36. The van der Waals surface area contributed by atoms with Crippen LogP contribution in [0.3, 0.4) is 0 Å². The topological polar surface area (TPSA) is 62.5 Å². The molecule has 132 valence electrons. The smallest absolute Gasteiger partial charge is 0.244 e. The molecule has 1 amide bonds. The zero-order chi connectivity index (χ0) is 17.2. The standard InChI is InChI=1S/C19H24N4O2/c1-14-20-18(21-25-14)15-9-12-22(13-10-15)17-8-5-11-23(19(17)24)16-6-3-2-4-7-16/h2-4,6-7,15,17H,5,8-13H2,1H3/t17-/m1/s1. The molecule has 0 radical (unpaired) electrons. The molecular weight excluding hydrogens is 316 g/mol. The van der Waals surface area contributed by atoms with Gasteiger partial charge in [-0.2, -0.15) is 4.98 Å². The first-order valence-electron chi connectivity index (χ1n) is 9.13. The normalized spacial score (nSPS) is 23.2. The number of benzene rings is 1. The number of amides is 1. The van der Waals surface area contributed by atoms with Crippen LogP contribution in [0.1, 0.15) is 43.3 Å². The van der Waals surface area contributed by atoms with E-state index in [0.717, 1.165) is 56.8 Å². The number of carbonyl (C=O) groups is 1. The Balaban J connectivity index is 1.41. The van der Waals surface area contributed by atoms with Gasteiger partial charge in [0.25, 0.3) is 0 Å². The number of aromatic nitrogens is 2. The maximum Gasteiger partial charge on any atom is 0.244 e. The number of para-hydroxylation sites is 1. The fraction of sp³-hybridized carbons (Fsp3) is 0.526. The van der Waals surface area contributed by atoms with Crippen molar-refractivity contribution < 1.29 is 9.32 Å². The van der Waals surface area contributed by atoms with E-state index in [-0.39, 0.29) is 11.9 Å². The SMILES string of the molecule is Cc1nc(C2CCN([C@@H]3CCCN(c4ccccc4)C3=O)CC2)no1. The van der Waals surface area contributed by atoms with Crippen LogP contribution >= 0.6 is 0 Å². The van der Waals surface area contributed by atoms with Crippen molar-refractivity contribution in [3.05, 3.63) is 42.0 Å². The van der Waals surface area contributed by atoms with Gasteiger partial charge in [0, 0.05) is 25.1 Å². The van der Waals surface area contributed by atoms with Gasteiger partial charge < -0.3 is 9.42 Å². The van der Waals surface area contributed by atoms with Gasteiger partial charge in [0.2, 0.25) is 11.8 Å². The van der Waals surface area contributed by atoms with Gasteiger partial charge in [0.05, 0.1) is 6.04 Å². The number of anilines is 1. The van der Waals surface area contributed by atoms with Gasteiger partial charge in [0.1, 0.15) is 0 Å². The van der Waals surface area contributed by atoms with Crippen LogP contribution in [0.2, 0.25) is 0 Å². The van der Waals surface area contributed by atoms with E-state index in [0.29, 0.717) is 11.8 Å². The minimum atomic E-state index is 0.00177. The molecule has 0 N–H and O–H groups in total. The number of nitrogens with zero attached hydrogens (tertiary/aromatic N) is 4. The molecule has 2 aliphatic rings. The Labute approximate surface area is 147 Å². The lowest BCUT2D eigenvalue weighted by atomic mass is 9.93. The van der Waals surface area contributed by atoms with E-state index >= 15 is 0 Å². The third-order valence-electron chi connectivity index (χ3n) is 5.36. The quantitative estimate of drug-likeness (QED) is 0.860. The lowest BCUT2D eigenvalue weighted by Gasteiger charge is -2.41. The monoisotopic (exact) mass is 340 g/mol. The Kier molecular flexibility index (Phi) is 4.53. The maximum atomic E-state index is 13.0. The second-order valence-corrected chi connectivity index (χ2v) is 6.97. The van der Waals surface area contributed by atoms with Crippen LogP contribution in [0.25, 0.3) is 0 Å². The van der Waals surface area contributed by atoms with Crippen LogP contribution < -0.4 is 4.90 Å². The molecule has 1 aromatic heterocycles. The molecule has 2 saturated heterocycles. The summed E-state index contributed by atoms with van der Waals surface area (Å²) in [7, 11) is 0. The average Bonchev–Trinajstić information content (AvgIpc) is 3.09. The molecule has 1 aromatic carbocycles. The predicted octanol–water partition coefficient (Wildman–Crippen LogP) is 2.75. The van der Waals surface area contributed by atoms with Crippen LogP contribution in [0.15, 0.2) is 34.9 Å². The zero-order valence-corrected chi connectivity index (χ0v) is 14.6.